The van der Waals surface area contributed by atoms with Crippen molar-refractivity contribution in [1.29, 1.82) is 0 Å². The van der Waals surface area contributed by atoms with Gasteiger partial charge in [0, 0.05) is 11.5 Å². The van der Waals surface area contributed by atoms with Crippen LogP contribution < -0.4 is 10.3 Å². The molecular formula is C19H22N4O2. The summed E-state index contributed by atoms with van der Waals surface area (Å²) in [5.41, 5.74) is 2.14. The van der Waals surface area contributed by atoms with E-state index in [1.165, 1.54) is 12.8 Å². The number of H-pyrrole nitrogens is 1. The molecule has 1 N–H and O–H groups in total. The summed E-state index contributed by atoms with van der Waals surface area (Å²) in [5, 5.41) is 4.73. The van der Waals surface area contributed by atoms with Crippen molar-refractivity contribution in [3.8, 4) is 17.1 Å². The second kappa shape index (κ2) is 6.35. The monoisotopic (exact) mass is 338 g/mol. The Morgan fingerprint density at radius 1 is 1.24 bits per heavy atom. The van der Waals surface area contributed by atoms with Crippen molar-refractivity contribution in [2.24, 2.45) is 0 Å². The minimum Gasteiger partial charge on any atom is -0.497 e. The first kappa shape index (κ1) is 15.9. The highest BCUT2D eigenvalue weighted by Gasteiger charge is 2.25. The van der Waals surface area contributed by atoms with E-state index in [4.69, 9.17) is 14.8 Å². The molecule has 25 heavy (non-hydrogen) atoms. The zero-order valence-corrected chi connectivity index (χ0v) is 14.6. The smallest absolute Gasteiger partial charge is 0.277 e. The van der Waals surface area contributed by atoms with Crippen LogP contribution in [0.15, 0.2) is 29.1 Å². The number of benzene rings is 1. The summed E-state index contributed by atoms with van der Waals surface area (Å²) >= 11 is 0. The van der Waals surface area contributed by atoms with Crippen LogP contribution in [0, 0.1) is 0 Å². The van der Waals surface area contributed by atoms with Gasteiger partial charge >= 0.3 is 0 Å². The molecule has 0 amide bonds. The van der Waals surface area contributed by atoms with Crippen molar-refractivity contribution >= 4 is 5.52 Å². The highest BCUT2D eigenvalue weighted by molar-refractivity contribution is 5.59. The number of rotatable bonds is 4. The van der Waals surface area contributed by atoms with Gasteiger partial charge in [0.25, 0.3) is 5.56 Å². The fraction of sp³-hybridized carbons (Fsp3) is 0.421. The van der Waals surface area contributed by atoms with Crippen molar-refractivity contribution in [2.45, 2.75) is 44.9 Å². The maximum Gasteiger partial charge on any atom is 0.277 e. The van der Waals surface area contributed by atoms with E-state index < -0.39 is 0 Å². The zero-order chi connectivity index (χ0) is 17.4. The summed E-state index contributed by atoms with van der Waals surface area (Å²) in [6.07, 6.45) is 5.40. The summed E-state index contributed by atoms with van der Waals surface area (Å²) in [6.45, 7) is 2.03. The molecule has 6 nitrogen and oxygen atoms in total. The van der Waals surface area contributed by atoms with Crippen molar-refractivity contribution in [3.05, 3.63) is 46.1 Å². The van der Waals surface area contributed by atoms with Gasteiger partial charge in [-0.3, -0.25) is 4.79 Å². The van der Waals surface area contributed by atoms with Gasteiger partial charge in [0.1, 0.15) is 11.6 Å². The van der Waals surface area contributed by atoms with Crippen LogP contribution in [0.2, 0.25) is 0 Å². The van der Waals surface area contributed by atoms with Crippen LogP contribution in [-0.2, 0) is 6.42 Å². The van der Waals surface area contributed by atoms with E-state index in [9.17, 15) is 4.79 Å². The number of aromatic amines is 1. The average molecular weight is 338 g/mol. The number of nitrogens with zero attached hydrogens (tertiary/aromatic N) is 3. The van der Waals surface area contributed by atoms with Gasteiger partial charge in [-0.1, -0.05) is 19.8 Å². The minimum absolute atomic E-state index is 0.130. The molecule has 6 heteroatoms. The third-order valence-corrected chi connectivity index (χ3v) is 5.02. The van der Waals surface area contributed by atoms with Crippen molar-refractivity contribution in [1.82, 2.24) is 19.6 Å². The van der Waals surface area contributed by atoms with E-state index in [1.54, 1.807) is 11.6 Å². The number of imidazole rings is 1. The summed E-state index contributed by atoms with van der Waals surface area (Å²) in [6, 6.07) is 7.53. The Kier molecular flexibility index (Phi) is 4.03. The van der Waals surface area contributed by atoms with Gasteiger partial charge in [-0.2, -0.15) is 0 Å². The molecular weight excluding hydrogens is 316 g/mol. The second-order valence-electron chi connectivity index (χ2n) is 6.54. The Morgan fingerprint density at radius 3 is 2.60 bits per heavy atom. The molecule has 1 aliphatic rings. The summed E-state index contributed by atoms with van der Waals surface area (Å²) in [7, 11) is 1.63. The van der Waals surface area contributed by atoms with Gasteiger partial charge in [0.05, 0.1) is 12.8 Å². The van der Waals surface area contributed by atoms with Crippen LogP contribution in [0.4, 0.5) is 0 Å². The van der Waals surface area contributed by atoms with Crippen LogP contribution in [0.25, 0.3) is 16.9 Å². The maximum absolute atomic E-state index is 12.7. The minimum atomic E-state index is -0.130. The molecule has 2 heterocycles. The summed E-state index contributed by atoms with van der Waals surface area (Å²) in [4.78, 5) is 20.4. The lowest BCUT2D eigenvalue weighted by Crippen LogP contribution is -2.16. The lowest BCUT2D eigenvalue weighted by molar-refractivity contribution is 0.415. The molecule has 1 saturated carbocycles. The first-order valence-corrected chi connectivity index (χ1v) is 8.87. The Balaban J connectivity index is 1.89. The van der Waals surface area contributed by atoms with Gasteiger partial charge in [0.15, 0.2) is 11.3 Å². The lowest BCUT2D eigenvalue weighted by Gasteiger charge is -2.08. The molecule has 3 aromatic rings. The molecule has 0 unspecified atom stereocenters. The highest BCUT2D eigenvalue weighted by Crippen LogP contribution is 2.34. The number of aromatic nitrogens is 4. The zero-order valence-electron chi connectivity index (χ0n) is 14.6. The van der Waals surface area contributed by atoms with Gasteiger partial charge in [0.2, 0.25) is 0 Å². The first-order valence-electron chi connectivity index (χ1n) is 8.87. The van der Waals surface area contributed by atoms with E-state index in [2.05, 4.69) is 4.98 Å². The predicted molar refractivity (Wildman–Crippen MR) is 96.2 cm³/mol. The molecule has 1 aromatic carbocycles. The summed E-state index contributed by atoms with van der Waals surface area (Å²) < 4.78 is 6.98. The van der Waals surface area contributed by atoms with Crippen LogP contribution in [0.3, 0.4) is 0 Å². The Labute approximate surface area is 145 Å². The molecule has 4 rings (SSSR count). The molecule has 0 atom stereocenters. The number of fused-ring (bicyclic) bond motifs is 1. The van der Waals surface area contributed by atoms with Gasteiger partial charge in [-0.05, 0) is 43.5 Å². The fourth-order valence-electron chi connectivity index (χ4n) is 3.67. The number of ether oxygens (including phenoxy) is 1. The number of nitrogens with one attached hydrogen (secondary N) is 1. The van der Waals surface area contributed by atoms with Crippen LogP contribution in [-0.4, -0.2) is 26.7 Å². The second-order valence-corrected chi connectivity index (χ2v) is 6.54. The highest BCUT2D eigenvalue weighted by atomic mass is 16.5. The van der Waals surface area contributed by atoms with E-state index >= 15 is 0 Å². The number of hydrogen-bond acceptors (Lipinski definition) is 4. The maximum atomic E-state index is 12.7. The molecule has 0 aliphatic heterocycles. The molecule has 0 spiro atoms. The van der Waals surface area contributed by atoms with Gasteiger partial charge in [-0.25, -0.2) is 9.50 Å². The topological polar surface area (TPSA) is 72.3 Å². The fourth-order valence-corrected chi connectivity index (χ4v) is 3.67. The van der Waals surface area contributed by atoms with Crippen LogP contribution in [0.1, 0.15) is 50.0 Å². The normalized spacial score (nSPS) is 15.1. The molecule has 0 bridgehead atoms. The standard InChI is InChI=1S/C19H22N4O2/c1-3-15-16-19(24)21-17(12-8-10-14(25-2)11-9-12)22-23(16)18(20-15)13-6-4-5-7-13/h8-11,13H,3-7H2,1-2H3,(H,21,22,24). The Morgan fingerprint density at radius 2 is 1.96 bits per heavy atom. The molecule has 130 valence electrons. The lowest BCUT2D eigenvalue weighted by atomic mass is 10.1. The first-order chi connectivity index (χ1) is 12.2. The van der Waals surface area contributed by atoms with Crippen molar-refractivity contribution in [3.63, 3.8) is 0 Å². The molecule has 1 fully saturated rings. The molecule has 2 aromatic heterocycles. The van der Waals surface area contributed by atoms with Crippen molar-refractivity contribution in [2.75, 3.05) is 7.11 Å². The average Bonchev–Trinajstić information content (AvgIpc) is 3.29. The van der Waals surface area contributed by atoms with E-state index in [0.29, 0.717) is 17.3 Å². The molecule has 0 saturated heterocycles. The molecule has 0 radical (unpaired) electrons. The quantitative estimate of drug-likeness (QED) is 0.792. The SMILES string of the molecule is CCc1nc(C2CCCC2)n2nc(-c3ccc(OC)cc3)[nH]c(=O)c12. The van der Waals surface area contributed by atoms with Gasteiger partial charge < -0.3 is 9.72 Å². The van der Waals surface area contributed by atoms with E-state index in [1.807, 2.05) is 31.2 Å². The largest absolute Gasteiger partial charge is 0.497 e. The third kappa shape index (κ3) is 2.71. The van der Waals surface area contributed by atoms with Crippen molar-refractivity contribution < 1.29 is 4.74 Å². The number of aryl methyl sites for hydroxylation is 1. The van der Waals surface area contributed by atoms with Gasteiger partial charge in [-0.15, -0.1) is 5.10 Å². The van der Waals surface area contributed by atoms with E-state index in [-0.39, 0.29) is 5.56 Å². The van der Waals surface area contributed by atoms with Crippen LogP contribution >= 0.6 is 0 Å². The molecule has 1 aliphatic carbocycles. The number of hydrogen-bond donors (Lipinski definition) is 1. The van der Waals surface area contributed by atoms with E-state index in [0.717, 1.165) is 42.1 Å². The Hall–Kier alpha value is -2.63. The van der Waals surface area contributed by atoms with Crippen LogP contribution in [0.5, 0.6) is 5.75 Å². The Bertz CT molecular complexity index is 950. The summed E-state index contributed by atoms with van der Waals surface area (Å²) in [5.74, 6) is 2.66. The predicted octanol–water partition coefficient (Wildman–Crippen LogP) is 3.31. The third-order valence-electron chi connectivity index (χ3n) is 5.02. The number of methoxy groups -OCH3 is 1.